The summed E-state index contributed by atoms with van der Waals surface area (Å²) >= 11 is 5.80. The number of methoxy groups -OCH3 is 1. The van der Waals surface area contributed by atoms with Crippen molar-refractivity contribution in [3.8, 4) is 11.3 Å². The number of halogens is 1. The first-order valence-corrected chi connectivity index (χ1v) is 6.33. The van der Waals surface area contributed by atoms with Crippen LogP contribution in [0.2, 0.25) is 5.28 Å². The Morgan fingerprint density at radius 1 is 1.55 bits per heavy atom. The van der Waals surface area contributed by atoms with Crippen LogP contribution in [0.25, 0.3) is 11.3 Å². The third-order valence-corrected chi connectivity index (χ3v) is 3.03. The van der Waals surface area contributed by atoms with Gasteiger partial charge in [-0.05, 0) is 30.2 Å². The fourth-order valence-corrected chi connectivity index (χ4v) is 2.05. The molecule has 0 atom stereocenters. The second-order valence-corrected chi connectivity index (χ2v) is 4.53. The van der Waals surface area contributed by atoms with Gasteiger partial charge in [-0.3, -0.25) is 0 Å². The second kappa shape index (κ2) is 6.02. The molecule has 2 rings (SSSR count). The minimum Gasteiger partial charge on any atom is -0.464 e. The summed E-state index contributed by atoms with van der Waals surface area (Å²) in [5.41, 5.74) is 2.56. The Morgan fingerprint density at radius 2 is 2.30 bits per heavy atom. The highest BCUT2D eigenvalue weighted by atomic mass is 35.5. The molecule has 6 nitrogen and oxygen atoms in total. The van der Waals surface area contributed by atoms with E-state index >= 15 is 0 Å². The van der Waals surface area contributed by atoms with Gasteiger partial charge in [0.05, 0.1) is 19.4 Å². The molecule has 0 amide bonds. The lowest BCUT2D eigenvalue weighted by Crippen LogP contribution is -2.11. The SMILES string of the molecule is COC(=O)c1cc(-c2nc(Cl)ncc2C)cn1CCO. The molecule has 7 heteroatoms. The highest BCUT2D eigenvalue weighted by molar-refractivity contribution is 6.28. The van der Waals surface area contributed by atoms with Crippen LogP contribution >= 0.6 is 11.6 Å². The van der Waals surface area contributed by atoms with E-state index in [1.165, 1.54) is 7.11 Å². The van der Waals surface area contributed by atoms with Crippen molar-refractivity contribution in [3.05, 3.63) is 35.0 Å². The molecule has 106 valence electrons. The van der Waals surface area contributed by atoms with Gasteiger partial charge < -0.3 is 14.4 Å². The molecule has 2 aromatic heterocycles. The van der Waals surface area contributed by atoms with Crippen molar-refractivity contribution in [1.29, 1.82) is 0 Å². The summed E-state index contributed by atoms with van der Waals surface area (Å²) < 4.78 is 6.35. The Morgan fingerprint density at radius 3 is 2.95 bits per heavy atom. The van der Waals surface area contributed by atoms with Crippen molar-refractivity contribution < 1.29 is 14.6 Å². The Kier molecular flexibility index (Phi) is 4.36. The first-order valence-electron chi connectivity index (χ1n) is 5.95. The third-order valence-electron chi connectivity index (χ3n) is 2.85. The minimum absolute atomic E-state index is 0.0817. The first-order chi connectivity index (χ1) is 9.56. The van der Waals surface area contributed by atoms with Gasteiger partial charge in [0.25, 0.3) is 0 Å². The van der Waals surface area contributed by atoms with Gasteiger partial charge in [0, 0.05) is 24.5 Å². The number of aliphatic hydroxyl groups is 1. The normalized spacial score (nSPS) is 10.6. The van der Waals surface area contributed by atoms with Crippen LogP contribution < -0.4 is 0 Å². The number of aryl methyl sites for hydroxylation is 1. The standard InChI is InChI=1S/C13H14ClN3O3/c1-8-6-15-13(14)16-11(8)9-5-10(12(19)20-2)17(7-9)3-4-18/h5-7,18H,3-4H2,1-2H3. The van der Waals surface area contributed by atoms with Crippen molar-refractivity contribution in [2.45, 2.75) is 13.5 Å². The van der Waals surface area contributed by atoms with Crippen molar-refractivity contribution >= 4 is 17.6 Å². The van der Waals surface area contributed by atoms with Gasteiger partial charge in [-0.15, -0.1) is 0 Å². The molecular weight excluding hydrogens is 282 g/mol. The number of ether oxygens (including phenoxy) is 1. The van der Waals surface area contributed by atoms with E-state index in [1.54, 1.807) is 23.0 Å². The van der Waals surface area contributed by atoms with E-state index in [1.807, 2.05) is 6.92 Å². The van der Waals surface area contributed by atoms with Crippen LogP contribution in [-0.2, 0) is 11.3 Å². The molecule has 0 bridgehead atoms. The molecule has 0 aliphatic rings. The molecule has 20 heavy (non-hydrogen) atoms. The second-order valence-electron chi connectivity index (χ2n) is 4.19. The summed E-state index contributed by atoms with van der Waals surface area (Å²) in [6.07, 6.45) is 3.35. The van der Waals surface area contributed by atoms with Crippen molar-refractivity contribution in [2.24, 2.45) is 0 Å². The van der Waals surface area contributed by atoms with E-state index in [0.717, 1.165) is 11.1 Å². The van der Waals surface area contributed by atoms with Crippen LogP contribution in [0.5, 0.6) is 0 Å². The number of esters is 1. The number of aliphatic hydroxyl groups excluding tert-OH is 1. The maximum Gasteiger partial charge on any atom is 0.354 e. The minimum atomic E-state index is -0.470. The quantitative estimate of drug-likeness (QED) is 0.686. The zero-order chi connectivity index (χ0) is 14.7. The molecule has 0 fully saturated rings. The van der Waals surface area contributed by atoms with Crippen molar-refractivity contribution in [3.63, 3.8) is 0 Å². The predicted octanol–water partition coefficient (Wildman–Crippen LogP) is 1.69. The fourth-order valence-electron chi connectivity index (χ4n) is 1.92. The van der Waals surface area contributed by atoms with E-state index in [2.05, 4.69) is 9.97 Å². The lowest BCUT2D eigenvalue weighted by Gasteiger charge is -2.04. The summed E-state index contributed by atoms with van der Waals surface area (Å²) in [7, 11) is 1.31. The van der Waals surface area contributed by atoms with Gasteiger partial charge in [0.1, 0.15) is 5.69 Å². The van der Waals surface area contributed by atoms with Gasteiger partial charge in [0.2, 0.25) is 5.28 Å². The van der Waals surface area contributed by atoms with E-state index in [0.29, 0.717) is 17.9 Å². The Hall–Kier alpha value is -1.92. The molecule has 0 saturated carbocycles. The van der Waals surface area contributed by atoms with Crippen LogP contribution in [0.1, 0.15) is 16.1 Å². The van der Waals surface area contributed by atoms with Crippen molar-refractivity contribution in [2.75, 3.05) is 13.7 Å². The van der Waals surface area contributed by atoms with Crippen LogP contribution in [0.3, 0.4) is 0 Å². The number of nitrogens with zero attached hydrogens (tertiary/aromatic N) is 3. The molecule has 2 heterocycles. The van der Waals surface area contributed by atoms with Gasteiger partial charge in [-0.1, -0.05) is 0 Å². The molecule has 0 aliphatic heterocycles. The van der Waals surface area contributed by atoms with Crippen molar-refractivity contribution in [1.82, 2.24) is 14.5 Å². The van der Waals surface area contributed by atoms with E-state index in [9.17, 15) is 4.79 Å². The maximum atomic E-state index is 11.7. The molecule has 1 N–H and O–H groups in total. The summed E-state index contributed by atoms with van der Waals surface area (Å²) in [6, 6.07) is 1.66. The predicted molar refractivity (Wildman–Crippen MR) is 73.6 cm³/mol. The molecular formula is C13H14ClN3O3. The lowest BCUT2D eigenvalue weighted by molar-refractivity contribution is 0.0587. The highest BCUT2D eigenvalue weighted by Gasteiger charge is 2.16. The monoisotopic (exact) mass is 295 g/mol. The van der Waals surface area contributed by atoms with Crippen LogP contribution in [0.15, 0.2) is 18.5 Å². The van der Waals surface area contributed by atoms with Gasteiger partial charge in [0.15, 0.2) is 0 Å². The summed E-state index contributed by atoms with van der Waals surface area (Å²) in [5.74, 6) is -0.470. The fraction of sp³-hybridized carbons (Fsp3) is 0.308. The number of carbonyl (C=O) groups is 1. The van der Waals surface area contributed by atoms with E-state index in [4.69, 9.17) is 21.4 Å². The van der Waals surface area contributed by atoms with Gasteiger partial charge >= 0.3 is 5.97 Å². The Labute approximate surface area is 121 Å². The summed E-state index contributed by atoms with van der Waals surface area (Å²) in [5, 5.41) is 9.20. The number of carbonyl (C=O) groups excluding carboxylic acids is 1. The van der Waals surface area contributed by atoms with Crippen LogP contribution in [0.4, 0.5) is 0 Å². The average Bonchev–Trinajstić information content (AvgIpc) is 2.85. The molecule has 0 aromatic carbocycles. The zero-order valence-electron chi connectivity index (χ0n) is 11.1. The maximum absolute atomic E-state index is 11.7. The van der Waals surface area contributed by atoms with Gasteiger partial charge in [-0.2, -0.15) is 0 Å². The lowest BCUT2D eigenvalue weighted by atomic mass is 10.1. The Bertz CT molecular complexity index is 640. The molecule has 0 aliphatic carbocycles. The highest BCUT2D eigenvalue weighted by Crippen LogP contribution is 2.24. The molecule has 2 aromatic rings. The smallest absolute Gasteiger partial charge is 0.354 e. The third kappa shape index (κ3) is 2.81. The van der Waals surface area contributed by atoms with Gasteiger partial charge in [-0.25, -0.2) is 14.8 Å². The summed E-state index contributed by atoms with van der Waals surface area (Å²) in [4.78, 5) is 19.8. The number of rotatable bonds is 4. The number of aromatic nitrogens is 3. The first kappa shape index (κ1) is 14.5. The van der Waals surface area contributed by atoms with E-state index in [-0.39, 0.29) is 11.9 Å². The summed E-state index contributed by atoms with van der Waals surface area (Å²) in [6.45, 7) is 2.07. The molecule has 0 saturated heterocycles. The number of hydrogen-bond donors (Lipinski definition) is 1. The van der Waals surface area contributed by atoms with Crippen LogP contribution in [-0.4, -0.2) is 39.3 Å². The topological polar surface area (TPSA) is 77.2 Å². The molecule has 0 radical (unpaired) electrons. The van der Waals surface area contributed by atoms with Crippen LogP contribution in [0, 0.1) is 6.92 Å². The molecule has 0 unspecified atom stereocenters. The number of hydrogen-bond acceptors (Lipinski definition) is 5. The Balaban J connectivity index is 2.52. The largest absolute Gasteiger partial charge is 0.464 e. The molecule has 0 spiro atoms. The van der Waals surface area contributed by atoms with E-state index < -0.39 is 5.97 Å². The average molecular weight is 296 g/mol. The zero-order valence-corrected chi connectivity index (χ0v) is 11.9.